The van der Waals surface area contributed by atoms with Crippen molar-refractivity contribution < 1.29 is 4.74 Å². The summed E-state index contributed by atoms with van der Waals surface area (Å²) in [5, 5.41) is 12.2. The normalized spacial score (nSPS) is 30.8. The van der Waals surface area contributed by atoms with Crippen LogP contribution in [0, 0.1) is 11.3 Å². The van der Waals surface area contributed by atoms with Gasteiger partial charge in [0.25, 0.3) is 0 Å². The van der Waals surface area contributed by atoms with Crippen LogP contribution in [0.1, 0.15) is 32.6 Å². The van der Waals surface area contributed by atoms with Gasteiger partial charge in [0.05, 0.1) is 24.8 Å². The first-order valence-electron chi connectivity index (χ1n) is 6.83. The molecule has 2 fully saturated rings. The van der Waals surface area contributed by atoms with Gasteiger partial charge in [-0.1, -0.05) is 6.92 Å². The summed E-state index contributed by atoms with van der Waals surface area (Å²) in [4.78, 5) is 2.53. The van der Waals surface area contributed by atoms with Gasteiger partial charge in [-0.05, 0) is 32.2 Å². The summed E-state index contributed by atoms with van der Waals surface area (Å²) in [6.07, 6.45) is 5.16. The van der Waals surface area contributed by atoms with E-state index in [1.807, 2.05) is 6.92 Å². The van der Waals surface area contributed by atoms with Gasteiger partial charge in [-0.15, -0.1) is 0 Å². The van der Waals surface area contributed by atoms with Crippen LogP contribution >= 0.6 is 0 Å². The van der Waals surface area contributed by atoms with E-state index in [0.717, 1.165) is 32.7 Å². The summed E-state index contributed by atoms with van der Waals surface area (Å²) >= 11 is 0. The van der Waals surface area contributed by atoms with Crippen molar-refractivity contribution in [3.05, 3.63) is 0 Å². The van der Waals surface area contributed by atoms with Gasteiger partial charge in [0.15, 0.2) is 0 Å². The highest BCUT2D eigenvalue weighted by molar-refractivity contribution is 4.93. The van der Waals surface area contributed by atoms with E-state index in [2.05, 4.69) is 16.3 Å². The van der Waals surface area contributed by atoms with Crippen LogP contribution in [0.2, 0.25) is 0 Å². The van der Waals surface area contributed by atoms with E-state index in [1.54, 1.807) is 0 Å². The Hall–Kier alpha value is -0.630. The standard InChI is InChI=1S/C13H23N3O/c1-2-15-11(10-14)6-7-16-8-9-17-13-5-3-4-12(13)16/h11-13,15H,2-9H2,1H3. The molecule has 1 aliphatic carbocycles. The third kappa shape index (κ3) is 3.19. The Kier molecular flexibility index (Phi) is 4.78. The molecule has 4 heteroatoms. The molecule has 3 unspecified atom stereocenters. The van der Waals surface area contributed by atoms with E-state index in [9.17, 15) is 0 Å². The van der Waals surface area contributed by atoms with Crippen molar-refractivity contribution in [3.8, 4) is 6.07 Å². The average molecular weight is 237 g/mol. The van der Waals surface area contributed by atoms with Gasteiger partial charge in [0, 0.05) is 19.1 Å². The predicted molar refractivity (Wildman–Crippen MR) is 66.6 cm³/mol. The van der Waals surface area contributed by atoms with Crippen LogP contribution in [0.3, 0.4) is 0 Å². The molecule has 4 nitrogen and oxygen atoms in total. The summed E-state index contributed by atoms with van der Waals surface area (Å²) in [5.41, 5.74) is 0. The molecule has 0 amide bonds. The minimum Gasteiger partial charge on any atom is -0.375 e. The summed E-state index contributed by atoms with van der Waals surface area (Å²) in [7, 11) is 0. The lowest BCUT2D eigenvalue weighted by Gasteiger charge is -2.38. The van der Waals surface area contributed by atoms with Crippen molar-refractivity contribution in [1.82, 2.24) is 10.2 Å². The third-order valence-electron chi connectivity index (χ3n) is 3.91. The zero-order valence-electron chi connectivity index (χ0n) is 10.7. The van der Waals surface area contributed by atoms with Gasteiger partial charge in [-0.2, -0.15) is 5.26 Å². The van der Waals surface area contributed by atoms with E-state index < -0.39 is 0 Å². The van der Waals surface area contributed by atoms with Crippen molar-refractivity contribution in [2.45, 2.75) is 50.8 Å². The molecule has 2 rings (SSSR count). The van der Waals surface area contributed by atoms with E-state index >= 15 is 0 Å². The van der Waals surface area contributed by atoms with Crippen LogP contribution < -0.4 is 5.32 Å². The minimum atomic E-state index is 0.00250. The Morgan fingerprint density at radius 2 is 2.41 bits per heavy atom. The predicted octanol–water partition coefficient (Wildman–Crippen LogP) is 1.13. The molecule has 1 heterocycles. The number of rotatable bonds is 5. The maximum absolute atomic E-state index is 9.02. The number of ether oxygens (including phenoxy) is 1. The van der Waals surface area contributed by atoms with Gasteiger partial charge in [-0.3, -0.25) is 4.90 Å². The molecule has 0 bridgehead atoms. The number of nitriles is 1. The molecular formula is C13H23N3O. The number of nitrogens with zero attached hydrogens (tertiary/aromatic N) is 2. The van der Waals surface area contributed by atoms with Crippen molar-refractivity contribution >= 4 is 0 Å². The lowest BCUT2D eigenvalue weighted by atomic mass is 10.1. The number of hydrogen-bond donors (Lipinski definition) is 1. The van der Waals surface area contributed by atoms with Gasteiger partial charge < -0.3 is 10.1 Å². The third-order valence-corrected chi connectivity index (χ3v) is 3.91. The molecule has 1 saturated carbocycles. The van der Waals surface area contributed by atoms with Gasteiger partial charge >= 0.3 is 0 Å². The largest absolute Gasteiger partial charge is 0.375 e. The molecule has 1 N–H and O–H groups in total. The molecule has 2 aliphatic rings. The smallest absolute Gasteiger partial charge is 0.0965 e. The highest BCUT2D eigenvalue weighted by Gasteiger charge is 2.35. The number of fused-ring (bicyclic) bond motifs is 1. The first kappa shape index (κ1) is 12.8. The van der Waals surface area contributed by atoms with Crippen LogP contribution in [0.4, 0.5) is 0 Å². The maximum atomic E-state index is 9.02. The van der Waals surface area contributed by atoms with Crippen LogP contribution in [0.15, 0.2) is 0 Å². The van der Waals surface area contributed by atoms with Crippen molar-refractivity contribution in [2.24, 2.45) is 0 Å². The van der Waals surface area contributed by atoms with E-state index in [0.29, 0.717) is 12.1 Å². The van der Waals surface area contributed by atoms with Crippen LogP contribution in [0.5, 0.6) is 0 Å². The van der Waals surface area contributed by atoms with E-state index in [-0.39, 0.29) is 6.04 Å². The SMILES string of the molecule is CCNC(C#N)CCN1CCOC2CCCC21. The Labute approximate surface area is 104 Å². The monoisotopic (exact) mass is 237 g/mol. The average Bonchev–Trinajstić information content (AvgIpc) is 2.83. The maximum Gasteiger partial charge on any atom is 0.0965 e. The molecular weight excluding hydrogens is 214 g/mol. The second-order valence-electron chi connectivity index (χ2n) is 4.97. The summed E-state index contributed by atoms with van der Waals surface area (Å²) < 4.78 is 5.79. The molecule has 1 saturated heterocycles. The summed E-state index contributed by atoms with van der Waals surface area (Å²) in [6.45, 7) is 5.83. The number of morpholine rings is 1. The fourth-order valence-electron chi connectivity index (χ4n) is 3.04. The first-order chi connectivity index (χ1) is 8.35. The topological polar surface area (TPSA) is 48.3 Å². The fraction of sp³-hybridized carbons (Fsp3) is 0.923. The van der Waals surface area contributed by atoms with Crippen molar-refractivity contribution in [1.29, 1.82) is 5.26 Å². The van der Waals surface area contributed by atoms with Crippen LogP contribution in [-0.4, -0.2) is 49.3 Å². The van der Waals surface area contributed by atoms with Crippen LogP contribution in [-0.2, 0) is 4.74 Å². The molecule has 0 aromatic rings. The Morgan fingerprint density at radius 3 is 3.18 bits per heavy atom. The lowest BCUT2D eigenvalue weighted by molar-refractivity contribution is -0.0560. The Morgan fingerprint density at radius 1 is 1.53 bits per heavy atom. The molecule has 1 aliphatic heterocycles. The van der Waals surface area contributed by atoms with E-state index in [1.165, 1.54) is 19.3 Å². The number of nitrogens with one attached hydrogen (secondary N) is 1. The highest BCUT2D eigenvalue weighted by atomic mass is 16.5. The van der Waals surface area contributed by atoms with Gasteiger partial charge in [-0.25, -0.2) is 0 Å². The van der Waals surface area contributed by atoms with Crippen molar-refractivity contribution in [3.63, 3.8) is 0 Å². The van der Waals surface area contributed by atoms with Gasteiger partial charge in [0.2, 0.25) is 0 Å². The Bertz CT molecular complexity index is 276. The zero-order valence-corrected chi connectivity index (χ0v) is 10.7. The fourth-order valence-corrected chi connectivity index (χ4v) is 3.04. The van der Waals surface area contributed by atoms with Crippen molar-refractivity contribution in [2.75, 3.05) is 26.2 Å². The summed E-state index contributed by atoms with van der Waals surface area (Å²) in [6, 6.07) is 2.95. The van der Waals surface area contributed by atoms with E-state index in [4.69, 9.17) is 10.00 Å². The Balaban J connectivity index is 1.79. The molecule has 3 atom stereocenters. The second-order valence-corrected chi connectivity index (χ2v) is 4.97. The first-order valence-corrected chi connectivity index (χ1v) is 6.83. The molecule has 0 aromatic carbocycles. The zero-order chi connectivity index (χ0) is 12.1. The lowest BCUT2D eigenvalue weighted by Crippen LogP contribution is -2.49. The molecule has 0 aromatic heterocycles. The highest BCUT2D eigenvalue weighted by Crippen LogP contribution is 2.29. The molecule has 96 valence electrons. The number of hydrogen-bond acceptors (Lipinski definition) is 4. The second kappa shape index (κ2) is 6.34. The minimum absolute atomic E-state index is 0.00250. The van der Waals surface area contributed by atoms with Gasteiger partial charge in [0.1, 0.15) is 0 Å². The van der Waals surface area contributed by atoms with Crippen LogP contribution in [0.25, 0.3) is 0 Å². The molecule has 0 radical (unpaired) electrons. The summed E-state index contributed by atoms with van der Waals surface area (Å²) in [5.74, 6) is 0. The molecule has 0 spiro atoms. The quantitative estimate of drug-likeness (QED) is 0.779. The molecule has 17 heavy (non-hydrogen) atoms.